The van der Waals surface area contributed by atoms with E-state index in [-0.39, 0.29) is 5.73 Å². The van der Waals surface area contributed by atoms with Gasteiger partial charge in [0, 0.05) is 0 Å². The van der Waals surface area contributed by atoms with Gasteiger partial charge in [0.25, 0.3) is 0 Å². The van der Waals surface area contributed by atoms with Gasteiger partial charge in [-0.05, 0) is 0 Å². The van der Waals surface area contributed by atoms with Gasteiger partial charge in [-0.2, -0.15) is 0 Å². The Kier molecular flexibility index (Phi) is 5.57. The van der Waals surface area contributed by atoms with Gasteiger partial charge in [0.1, 0.15) is 0 Å². The quantitative estimate of drug-likeness (QED) is 0.379. The molecule has 2 aromatic rings. The maximum atomic E-state index is 7.37. The van der Waals surface area contributed by atoms with Crippen LogP contribution in [0.5, 0.6) is 0 Å². The summed E-state index contributed by atoms with van der Waals surface area (Å²) < 4.78 is -0.303. The number of hydrogen-bond acceptors (Lipinski definition) is 0. The minimum atomic E-state index is -3.65. The van der Waals surface area contributed by atoms with Gasteiger partial charge in [0.05, 0.1) is 0 Å². The molecule has 2 aliphatic heterocycles. The molecular weight excluding hydrogens is 488 g/mol. The Balaban J connectivity index is 1.70. The summed E-state index contributed by atoms with van der Waals surface area (Å²) in [5.41, 5.74) is 2.52. The third kappa shape index (κ3) is 3.57. The topological polar surface area (TPSA) is 0 Å². The summed E-state index contributed by atoms with van der Waals surface area (Å²) in [7, 11) is 17.2. The van der Waals surface area contributed by atoms with Gasteiger partial charge in [-0.25, -0.2) is 0 Å². The molecule has 0 aromatic heterocycles. The van der Waals surface area contributed by atoms with Crippen LogP contribution in [0.3, 0.4) is 0 Å². The molecule has 2 heterocycles. The van der Waals surface area contributed by atoms with E-state index < -0.39 is 17.9 Å². The molecule has 0 amide bonds. The molecule has 5 heteroatoms. The van der Waals surface area contributed by atoms with Crippen LogP contribution in [0.2, 0.25) is 0 Å². The van der Waals surface area contributed by atoms with Crippen molar-refractivity contribution >= 4 is 44.0 Å². The van der Waals surface area contributed by atoms with E-state index in [4.69, 9.17) is 17.0 Å². The Hall–Kier alpha value is -0.277. The molecule has 0 spiro atoms. The van der Waals surface area contributed by atoms with Crippen molar-refractivity contribution < 1.29 is 17.9 Å². The fraction of sp³-hybridized carbons (Fsp3) is 0.182. The van der Waals surface area contributed by atoms with E-state index in [1.54, 1.807) is 0 Å². The van der Waals surface area contributed by atoms with E-state index in [1.165, 1.54) is 38.1 Å². The number of allylic oxidation sites excluding steroid dienone is 4. The van der Waals surface area contributed by atoms with Crippen molar-refractivity contribution in [1.29, 1.82) is 0 Å². The molecule has 0 N–H and O–H groups in total. The van der Waals surface area contributed by atoms with Gasteiger partial charge in [-0.1, -0.05) is 0 Å². The minimum absolute atomic E-state index is 0.152. The molecule has 2 unspecified atom stereocenters. The van der Waals surface area contributed by atoms with E-state index in [9.17, 15) is 0 Å². The molecule has 0 nitrogen and oxygen atoms in total. The molecule has 136 valence electrons. The molecule has 27 heavy (non-hydrogen) atoms. The van der Waals surface area contributed by atoms with Crippen LogP contribution in [0.15, 0.2) is 85.0 Å². The van der Waals surface area contributed by atoms with E-state index in [2.05, 4.69) is 98.8 Å². The summed E-state index contributed by atoms with van der Waals surface area (Å²) >= 11 is -3.65. The SMILES string of the molecule is C[C]1([Zr]([Cl])([Cl])[C]2(C)C=CC(c3ccccc3)=P2)C=CC(c2ccccc2)=P1. The molecule has 0 saturated carbocycles. The Bertz CT molecular complexity index is 900. The van der Waals surface area contributed by atoms with Crippen molar-refractivity contribution in [2.75, 3.05) is 0 Å². The molecule has 4 rings (SSSR count). The first-order valence-electron chi connectivity index (χ1n) is 8.92. The van der Waals surface area contributed by atoms with Crippen molar-refractivity contribution in [3.8, 4) is 0 Å². The Labute approximate surface area is 176 Å². The van der Waals surface area contributed by atoms with Crippen molar-refractivity contribution in [2.45, 2.75) is 19.6 Å². The van der Waals surface area contributed by atoms with Crippen LogP contribution >= 0.6 is 33.4 Å². The van der Waals surface area contributed by atoms with Crippen LogP contribution in [-0.2, 0) is 17.9 Å². The third-order valence-corrected chi connectivity index (χ3v) is 32.9. The predicted molar refractivity (Wildman–Crippen MR) is 122 cm³/mol. The van der Waals surface area contributed by atoms with E-state index in [1.807, 2.05) is 0 Å². The van der Waals surface area contributed by atoms with Crippen molar-refractivity contribution in [3.05, 3.63) is 96.1 Å². The van der Waals surface area contributed by atoms with Gasteiger partial charge >= 0.3 is 178 Å². The van der Waals surface area contributed by atoms with E-state index >= 15 is 0 Å². The first-order valence-corrected chi connectivity index (χ1v) is 19.5. The zero-order valence-corrected chi connectivity index (χ0v) is 21.0. The van der Waals surface area contributed by atoms with Crippen LogP contribution in [0.25, 0.3) is 0 Å². The normalized spacial score (nSPS) is 28.1. The van der Waals surface area contributed by atoms with Crippen LogP contribution < -0.4 is 0 Å². The van der Waals surface area contributed by atoms with Gasteiger partial charge in [0.15, 0.2) is 0 Å². The van der Waals surface area contributed by atoms with Crippen LogP contribution in [0, 0.1) is 0 Å². The summed E-state index contributed by atoms with van der Waals surface area (Å²) in [4.78, 5) is 0. The molecule has 2 atom stereocenters. The number of halogens is 2. The standard InChI is InChI=1S/2C11H10P.2ClH.Zr/c2*1-9-7-8-11(12-9)10-5-3-2-4-6-10;;;/h2*2-8H,1H3;2*1H;/q;;;;+2/p-2. The van der Waals surface area contributed by atoms with Gasteiger partial charge in [-0.15, -0.1) is 0 Å². The molecular formula is C22H20Cl2P2Zr. The first-order chi connectivity index (χ1) is 12.8. The van der Waals surface area contributed by atoms with Gasteiger partial charge in [0.2, 0.25) is 0 Å². The molecule has 2 aromatic carbocycles. The molecule has 0 saturated heterocycles. The first kappa shape index (κ1) is 20.0. The zero-order chi connectivity index (χ0) is 19.1. The summed E-state index contributed by atoms with van der Waals surface area (Å²) in [6.07, 6.45) is 9.02. The Morgan fingerprint density at radius 1 is 0.667 bits per heavy atom. The average Bonchev–Trinajstić information content (AvgIpc) is 3.29. The van der Waals surface area contributed by atoms with Crippen LogP contribution in [-0.4, -0.2) is 16.3 Å². The predicted octanol–water partition coefficient (Wildman–Crippen LogP) is 7.35. The van der Waals surface area contributed by atoms with Crippen LogP contribution in [0.1, 0.15) is 25.0 Å². The molecule has 0 bridgehead atoms. The number of hydrogen-bond donors (Lipinski definition) is 0. The summed E-state index contributed by atoms with van der Waals surface area (Å²) in [5, 5.41) is 2.63. The molecule has 0 fully saturated rings. The Morgan fingerprint density at radius 2 is 1.04 bits per heavy atom. The third-order valence-electron chi connectivity index (χ3n) is 5.25. The maximum absolute atomic E-state index is 7.37. The summed E-state index contributed by atoms with van der Waals surface area (Å²) in [5.74, 6) is 0. The van der Waals surface area contributed by atoms with Crippen LogP contribution in [0.4, 0.5) is 0 Å². The number of rotatable bonds is 4. The number of benzene rings is 2. The van der Waals surface area contributed by atoms with E-state index in [0.717, 1.165) is 0 Å². The summed E-state index contributed by atoms with van der Waals surface area (Å²) in [6, 6.07) is 21.1. The molecule has 2 aliphatic rings. The van der Waals surface area contributed by atoms with Crippen molar-refractivity contribution in [3.63, 3.8) is 0 Å². The second-order valence-electron chi connectivity index (χ2n) is 7.26. The fourth-order valence-electron chi connectivity index (χ4n) is 3.53. The monoisotopic (exact) mass is 506 g/mol. The van der Waals surface area contributed by atoms with Gasteiger partial charge in [-0.3, -0.25) is 0 Å². The summed E-state index contributed by atoms with van der Waals surface area (Å²) in [6.45, 7) is 4.51. The van der Waals surface area contributed by atoms with E-state index in [0.29, 0.717) is 0 Å². The molecule has 0 radical (unpaired) electrons. The Morgan fingerprint density at radius 3 is 1.41 bits per heavy atom. The molecule has 0 aliphatic carbocycles. The van der Waals surface area contributed by atoms with Crippen molar-refractivity contribution in [2.24, 2.45) is 0 Å². The fourth-order valence-corrected chi connectivity index (χ4v) is 21.5. The second kappa shape index (κ2) is 7.52. The van der Waals surface area contributed by atoms with Crippen molar-refractivity contribution in [1.82, 2.24) is 0 Å². The van der Waals surface area contributed by atoms with Gasteiger partial charge < -0.3 is 0 Å². The average molecular weight is 508 g/mol. The second-order valence-corrected chi connectivity index (χ2v) is 28.4. The zero-order valence-electron chi connectivity index (χ0n) is 15.2.